The average molecular weight is 165 g/mol. The van der Waals surface area contributed by atoms with Crippen LogP contribution in [0.4, 0.5) is 0 Å². The van der Waals surface area contributed by atoms with Gasteiger partial charge in [0.2, 0.25) is 0 Å². The predicted molar refractivity (Wildman–Crippen MR) is 52.7 cm³/mol. The third-order valence-corrected chi connectivity index (χ3v) is 1.14. The molecule has 0 fully saturated rings. The van der Waals surface area contributed by atoms with Gasteiger partial charge < -0.3 is 16.8 Å². The number of rotatable bonds is 4. The fraction of sp³-hybridized carbons (Fsp3) is 0.111. The first-order valence-corrected chi connectivity index (χ1v) is 3.54. The zero-order valence-electron chi connectivity index (χ0n) is 7.30. The Morgan fingerprint density at radius 3 is 2.42 bits per heavy atom. The lowest BCUT2D eigenvalue weighted by Crippen LogP contribution is -2.13. The molecule has 66 valence electrons. The minimum absolute atomic E-state index is 0.538. The maximum absolute atomic E-state index is 5.63. The van der Waals surface area contributed by atoms with Crippen molar-refractivity contribution in [2.24, 2.45) is 11.5 Å². The molecule has 0 saturated carbocycles. The van der Waals surface area contributed by atoms with Gasteiger partial charge in [-0.15, -0.1) is 0 Å². The van der Waals surface area contributed by atoms with E-state index in [4.69, 9.17) is 11.5 Å². The van der Waals surface area contributed by atoms with Gasteiger partial charge in [-0.3, -0.25) is 0 Å². The lowest BCUT2D eigenvalue weighted by atomic mass is 10.3. The summed E-state index contributed by atoms with van der Waals surface area (Å²) in [5.74, 6) is 0. The fourth-order valence-corrected chi connectivity index (χ4v) is 0.664. The first-order valence-electron chi connectivity index (χ1n) is 3.54. The van der Waals surface area contributed by atoms with Crippen LogP contribution in [0.3, 0.4) is 0 Å². The standard InChI is InChI=1S/C9H15N3/c1-4-9(12-7(2)3)8(11)5-6-10/h4-6,12H,1-2,10-11H2,3H3/b6-5-,9-8-. The van der Waals surface area contributed by atoms with Gasteiger partial charge in [0.25, 0.3) is 0 Å². The van der Waals surface area contributed by atoms with Crippen LogP contribution in [0.5, 0.6) is 0 Å². The van der Waals surface area contributed by atoms with Gasteiger partial charge in [-0.1, -0.05) is 13.2 Å². The second-order valence-corrected chi connectivity index (χ2v) is 2.34. The van der Waals surface area contributed by atoms with E-state index in [-0.39, 0.29) is 0 Å². The molecular formula is C9H15N3. The molecule has 0 aromatic carbocycles. The number of hydrogen-bond donors (Lipinski definition) is 3. The van der Waals surface area contributed by atoms with Gasteiger partial charge >= 0.3 is 0 Å². The molecule has 3 heteroatoms. The summed E-state index contributed by atoms with van der Waals surface area (Å²) in [7, 11) is 0. The smallest absolute Gasteiger partial charge is 0.0609 e. The van der Waals surface area contributed by atoms with Crippen molar-refractivity contribution in [3.8, 4) is 0 Å². The van der Waals surface area contributed by atoms with E-state index in [9.17, 15) is 0 Å². The molecule has 0 aliphatic rings. The first kappa shape index (κ1) is 10.4. The number of nitrogens with one attached hydrogen (secondary N) is 1. The molecule has 0 bridgehead atoms. The van der Waals surface area contributed by atoms with Crippen LogP contribution in [0.25, 0.3) is 0 Å². The Morgan fingerprint density at radius 2 is 2.08 bits per heavy atom. The molecular weight excluding hydrogens is 150 g/mol. The lowest BCUT2D eigenvalue weighted by Gasteiger charge is -2.07. The largest absolute Gasteiger partial charge is 0.405 e. The monoisotopic (exact) mass is 165 g/mol. The van der Waals surface area contributed by atoms with E-state index in [1.807, 2.05) is 6.92 Å². The molecule has 3 nitrogen and oxygen atoms in total. The van der Waals surface area contributed by atoms with Gasteiger partial charge in [-0.05, 0) is 25.3 Å². The van der Waals surface area contributed by atoms with Crippen molar-refractivity contribution >= 4 is 0 Å². The molecule has 0 aliphatic carbocycles. The van der Waals surface area contributed by atoms with Crippen LogP contribution >= 0.6 is 0 Å². The summed E-state index contributed by atoms with van der Waals surface area (Å²) in [5.41, 5.74) is 12.9. The second-order valence-electron chi connectivity index (χ2n) is 2.34. The Hall–Kier alpha value is -1.64. The maximum atomic E-state index is 5.63. The van der Waals surface area contributed by atoms with Gasteiger partial charge in [0.1, 0.15) is 0 Å². The van der Waals surface area contributed by atoms with Crippen molar-refractivity contribution < 1.29 is 0 Å². The number of nitrogens with two attached hydrogens (primary N) is 2. The van der Waals surface area contributed by atoms with Crippen LogP contribution in [0.1, 0.15) is 6.92 Å². The summed E-state index contributed by atoms with van der Waals surface area (Å²) < 4.78 is 0. The molecule has 0 unspecified atom stereocenters. The molecule has 0 atom stereocenters. The van der Waals surface area contributed by atoms with E-state index in [0.29, 0.717) is 11.4 Å². The molecule has 0 aliphatic heterocycles. The van der Waals surface area contributed by atoms with Gasteiger partial charge in [0.15, 0.2) is 0 Å². The van der Waals surface area contributed by atoms with E-state index in [2.05, 4.69) is 18.5 Å². The van der Waals surface area contributed by atoms with Crippen LogP contribution in [-0.2, 0) is 0 Å². The molecule has 12 heavy (non-hydrogen) atoms. The second kappa shape index (κ2) is 5.07. The molecule has 0 amide bonds. The molecule has 5 N–H and O–H groups in total. The summed E-state index contributed by atoms with van der Waals surface area (Å²) in [5, 5.41) is 2.95. The quantitative estimate of drug-likeness (QED) is 0.543. The summed E-state index contributed by atoms with van der Waals surface area (Å²) in [6, 6.07) is 0. The van der Waals surface area contributed by atoms with Gasteiger partial charge in [0, 0.05) is 5.70 Å². The number of hydrogen-bond acceptors (Lipinski definition) is 3. The summed E-state index contributed by atoms with van der Waals surface area (Å²) >= 11 is 0. The summed E-state index contributed by atoms with van der Waals surface area (Å²) in [6.07, 6.45) is 4.58. The lowest BCUT2D eigenvalue weighted by molar-refractivity contribution is 0.989. The Labute approximate surface area is 73.1 Å². The van der Waals surface area contributed by atoms with Crippen molar-refractivity contribution in [1.29, 1.82) is 0 Å². The number of allylic oxidation sites excluding steroid dienone is 3. The van der Waals surface area contributed by atoms with Crippen molar-refractivity contribution in [3.05, 3.63) is 48.6 Å². The highest BCUT2D eigenvalue weighted by atomic mass is 14.9. The molecule has 0 aromatic rings. The minimum Gasteiger partial charge on any atom is -0.405 e. The van der Waals surface area contributed by atoms with Crippen LogP contribution in [0.15, 0.2) is 48.6 Å². The van der Waals surface area contributed by atoms with E-state index in [0.717, 1.165) is 5.70 Å². The molecule has 0 radical (unpaired) electrons. The van der Waals surface area contributed by atoms with Gasteiger partial charge in [-0.25, -0.2) is 0 Å². The highest BCUT2D eigenvalue weighted by Gasteiger charge is 1.94. The zero-order chi connectivity index (χ0) is 9.56. The SMILES string of the molecule is C=C/C(NC(=C)C)=C(N)\C=C/N. The summed E-state index contributed by atoms with van der Waals surface area (Å²) in [6.45, 7) is 9.12. The normalized spacial score (nSPS) is 12.4. The molecule has 0 rings (SSSR count). The zero-order valence-corrected chi connectivity index (χ0v) is 7.30. The topological polar surface area (TPSA) is 64.1 Å². The molecule has 0 saturated heterocycles. The maximum Gasteiger partial charge on any atom is 0.0609 e. The van der Waals surface area contributed by atoms with E-state index in [1.165, 1.54) is 6.20 Å². The summed E-state index contributed by atoms with van der Waals surface area (Å²) in [4.78, 5) is 0. The molecule has 0 aromatic heterocycles. The Bertz CT molecular complexity index is 236. The third kappa shape index (κ3) is 3.51. The van der Waals surface area contributed by atoms with E-state index in [1.54, 1.807) is 12.2 Å². The van der Waals surface area contributed by atoms with Crippen molar-refractivity contribution in [2.75, 3.05) is 0 Å². The van der Waals surface area contributed by atoms with E-state index < -0.39 is 0 Å². The van der Waals surface area contributed by atoms with Gasteiger partial charge in [-0.2, -0.15) is 0 Å². The molecule has 0 spiro atoms. The van der Waals surface area contributed by atoms with E-state index >= 15 is 0 Å². The van der Waals surface area contributed by atoms with Gasteiger partial charge in [0.05, 0.1) is 11.4 Å². The highest BCUT2D eigenvalue weighted by molar-refractivity contribution is 5.30. The van der Waals surface area contributed by atoms with Crippen molar-refractivity contribution in [2.45, 2.75) is 6.92 Å². The third-order valence-electron chi connectivity index (χ3n) is 1.14. The Kier molecular flexibility index (Phi) is 4.38. The Morgan fingerprint density at radius 1 is 1.50 bits per heavy atom. The highest BCUT2D eigenvalue weighted by Crippen LogP contribution is 1.99. The van der Waals surface area contributed by atoms with Crippen LogP contribution in [0, 0.1) is 0 Å². The van der Waals surface area contributed by atoms with Crippen LogP contribution < -0.4 is 16.8 Å². The van der Waals surface area contributed by atoms with Crippen LogP contribution in [-0.4, -0.2) is 0 Å². The first-order chi connectivity index (χ1) is 5.61. The average Bonchev–Trinajstić information content (AvgIpc) is 2.00. The van der Waals surface area contributed by atoms with Crippen LogP contribution in [0.2, 0.25) is 0 Å². The minimum atomic E-state index is 0.538. The Balaban J connectivity index is 4.60. The predicted octanol–water partition coefficient (Wildman–Crippen LogP) is 0.938. The fourth-order valence-electron chi connectivity index (χ4n) is 0.664. The molecule has 0 heterocycles. The van der Waals surface area contributed by atoms with Crippen molar-refractivity contribution in [3.63, 3.8) is 0 Å². The van der Waals surface area contributed by atoms with Crippen molar-refractivity contribution in [1.82, 2.24) is 5.32 Å².